The van der Waals surface area contributed by atoms with Crippen molar-refractivity contribution >= 4 is 11.6 Å². The molecule has 1 aromatic heterocycles. The summed E-state index contributed by atoms with van der Waals surface area (Å²) < 4.78 is 0. The van der Waals surface area contributed by atoms with Crippen molar-refractivity contribution in [2.75, 3.05) is 7.05 Å². The maximum absolute atomic E-state index is 6.07. The van der Waals surface area contributed by atoms with Gasteiger partial charge >= 0.3 is 0 Å². The zero-order valence-electron chi connectivity index (χ0n) is 8.76. The topological polar surface area (TPSA) is 24.9 Å². The van der Waals surface area contributed by atoms with E-state index in [2.05, 4.69) is 17.2 Å². The molecule has 0 saturated heterocycles. The largest absolute Gasteiger partial charge is 0.312 e. The van der Waals surface area contributed by atoms with Gasteiger partial charge < -0.3 is 5.32 Å². The van der Waals surface area contributed by atoms with Gasteiger partial charge in [0.25, 0.3) is 0 Å². The summed E-state index contributed by atoms with van der Waals surface area (Å²) in [7, 11) is 1.95. The van der Waals surface area contributed by atoms with E-state index in [0.717, 1.165) is 17.1 Å². The second-order valence-electron chi connectivity index (χ2n) is 3.35. The second-order valence-corrected chi connectivity index (χ2v) is 3.76. The number of aromatic nitrogens is 1. The Bertz CT molecular complexity index is 276. The van der Waals surface area contributed by atoms with Crippen molar-refractivity contribution in [3.8, 4) is 0 Å². The highest BCUT2D eigenvalue weighted by atomic mass is 35.5. The molecule has 0 aliphatic carbocycles. The van der Waals surface area contributed by atoms with Gasteiger partial charge in [-0.1, -0.05) is 31.4 Å². The Balaban J connectivity index is 2.73. The smallest absolute Gasteiger partial charge is 0.0758 e. The van der Waals surface area contributed by atoms with Gasteiger partial charge in [0, 0.05) is 6.20 Å². The molecule has 0 aliphatic heterocycles. The number of nitrogens with one attached hydrogen (secondary N) is 1. The van der Waals surface area contributed by atoms with Crippen LogP contribution >= 0.6 is 11.6 Å². The molecule has 1 N–H and O–H groups in total. The van der Waals surface area contributed by atoms with Crippen molar-refractivity contribution in [2.45, 2.75) is 32.2 Å². The van der Waals surface area contributed by atoms with Crippen LogP contribution in [0.25, 0.3) is 0 Å². The van der Waals surface area contributed by atoms with E-state index in [4.69, 9.17) is 11.6 Å². The summed E-state index contributed by atoms with van der Waals surface area (Å²) in [6.45, 7) is 2.19. The van der Waals surface area contributed by atoms with Gasteiger partial charge in [0.1, 0.15) is 0 Å². The molecule has 2 nitrogen and oxygen atoms in total. The summed E-state index contributed by atoms with van der Waals surface area (Å²) in [5.74, 6) is 0. The normalized spacial score (nSPS) is 12.8. The standard InChI is InChI=1S/C11H17ClN2/c1-3-4-7-10(13-2)11-9(12)6-5-8-14-11/h5-6,8,10,13H,3-4,7H2,1-2H3. The first kappa shape index (κ1) is 11.5. The maximum atomic E-state index is 6.07. The van der Waals surface area contributed by atoms with E-state index in [1.165, 1.54) is 12.8 Å². The van der Waals surface area contributed by atoms with Crippen molar-refractivity contribution in [2.24, 2.45) is 0 Å². The molecule has 0 saturated carbocycles. The Morgan fingerprint density at radius 3 is 2.93 bits per heavy atom. The highest BCUT2D eigenvalue weighted by Crippen LogP contribution is 2.23. The van der Waals surface area contributed by atoms with E-state index in [9.17, 15) is 0 Å². The predicted octanol–water partition coefficient (Wildman–Crippen LogP) is 3.19. The first-order chi connectivity index (χ1) is 6.79. The molecule has 0 fully saturated rings. The minimum absolute atomic E-state index is 0.281. The predicted molar refractivity (Wildman–Crippen MR) is 60.6 cm³/mol. The quantitative estimate of drug-likeness (QED) is 0.811. The molecule has 0 spiro atoms. The molecule has 1 heterocycles. The lowest BCUT2D eigenvalue weighted by Gasteiger charge is -2.16. The van der Waals surface area contributed by atoms with E-state index in [1.54, 1.807) is 6.20 Å². The number of rotatable bonds is 5. The summed E-state index contributed by atoms with van der Waals surface area (Å²) in [5, 5.41) is 4.00. The number of hydrogen-bond donors (Lipinski definition) is 1. The van der Waals surface area contributed by atoms with Crippen LogP contribution in [0.4, 0.5) is 0 Å². The van der Waals surface area contributed by atoms with Crippen LogP contribution in [0.3, 0.4) is 0 Å². The van der Waals surface area contributed by atoms with E-state index >= 15 is 0 Å². The van der Waals surface area contributed by atoms with Gasteiger partial charge in [-0.15, -0.1) is 0 Å². The summed E-state index contributed by atoms with van der Waals surface area (Å²) in [6, 6.07) is 4.03. The fraction of sp³-hybridized carbons (Fsp3) is 0.545. The van der Waals surface area contributed by atoms with Crippen LogP contribution in [0.1, 0.15) is 37.9 Å². The summed E-state index contributed by atoms with van der Waals surface area (Å²) in [6.07, 6.45) is 5.27. The van der Waals surface area contributed by atoms with Gasteiger partial charge in [0.2, 0.25) is 0 Å². The Morgan fingerprint density at radius 2 is 2.36 bits per heavy atom. The van der Waals surface area contributed by atoms with Crippen molar-refractivity contribution in [1.82, 2.24) is 10.3 Å². The Morgan fingerprint density at radius 1 is 1.57 bits per heavy atom. The fourth-order valence-corrected chi connectivity index (χ4v) is 1.73. The highest BCUT2D eigenvalue weighted by Gasteiger charge is 2.12. The molecule has 78 valence electrons. The lowest BCUT2D eigenvalue weighted by atomic mass is 10.1. The minimum atomic E-state index is 0.281. The molecule has 3 heteroatoms. The highest BCUT2D eigenvalue weighted by molar-refractivity contribution is 6.31. The monoisotopic (exact) mass is 212 g/mol. The van der Waals surface area contributed by atoms with Crippen molar-refractivity contribution < 1.29 is 0 Å². The molecule has 0 aliphatic rings. The maximum Gasteiger partial charge on any atom is 0.0758 e. The van der Waals surface area contributed by atoms with E-state index < -0.39 is 0 Å². The first-order valence-corrected chi connectivity index (χ1v) is 5.45. The SMILES string of the molecule is CCCCC(NC)c1ncccc1Cl. The minimum Gasteiger partial charge on any atom is -0.312 e. The Labute approximate surface area is 90.7 Å². The molecule has 1 unspecified atom stereocenters. The van der Waals surface area contributed by atoms with E-state index in [0.29, 0.717) is 0 Å². The van der Waals surface area contributed by atoms with Crippen LogP contribution < -0.4 is 5.32 Å². The van der Waals surface area contributed by atoms with Crippen LogP contribution in [0, 0.1) is 0 Å². The third kappa shape index (κ3) is 2.96. The first-order valence-electron chi connectivity index (χ1n) is 5.07. The Kier molecular flexibility index (Phi) is 4.91. The van der Waals surface area contributed by atoms with Gasteiger partial charge in [-0.05, 0) is 25.6 Å². The number of nitrogens with zero attached hydrogens (tertiary/aromatic N) is 1. The number of unbranched alkanes of at least 4 members (excludes halogenated alkanes) is 1. The zero-order chi connectivity index (χ0) is 10.4. The molecular formula is C11H17ClN2. The summed E-state index contributed by atoms with van der Waals surface area (Å²) in [4.78, 5) is 4.31. The van der Waals surface area contributed by atoms with E-state index in [-0.39, 0.29) is 6.04 Å². The summed E-state index contributed by atoms with van der Waals surface area (Å²) in [5.41, 5.74) is 0.963. The molecule has 0 aromatic carbocycles. The third-order valence-electron chi connectivity index (χ3n) is 2.31. The van der Waals surface area contributed by atoms with Crippen molar-refractivity contribution in [3.05, 3.63) is 29.0 Å². The zero-order valence-corrected chi connectivity index (χ0v) is 9.51. The average Bonchev–Trinajstić information content (AvgIpc) is 2.21. The molecule has 0 amide bonds. The number of pyridine rings is 1. The van der Waals surface area contributed by atoms with Gasteiger partial charge in [-0.3, -0.25) is 4.98 Å². The Hall–Kier alpha value is -0.600. The third-order valence-corrected chi connectivity index (χ3v) is 2.63. The molecule has 1 rings (SSSR count). The van der Waals surface area contributed by atoms with Gasteiger partial charge in [-0.2, -0.15) is 0 Å². The molecule has 1 aromatic rings. The van der Waals surface area contributed by atoms with Crippen LogP contribution in [-0.2, 0) is 0 Å². The molecule has 1 atom stereocenters. The van der Waals surface area contributed by atoms with Crippen LogP contribution in [0.5, 0.6) is 0 Å². The van der Waals surface area contributed by atoms with E-state index in [1.807, 2.05) is 19.2 Å². The fourth-order valence-electron chi connectivity index (χ4n) is 1.48. The summed E-state index contributed by atoms with van der Waals surface area (Å²) >= 11 is 6.07. The van der Waals surface area contributed by atoms with Crippen LogP contribution in [0.2, 0.25) is 5.02 Å². The molecule has 14 heavy (non-hydrogen) atoms. The van der Waals surface area contributed by atoms with Gasteiger partial charge in [0.05, 0.1) is 16.8 Å². The number of hydrogen-bond acceptors (Lipinski definition) is 2. The molecular weight excluding hydrogens is 196 g/mol. The lowest BCUT2D eigenvalue weighted by molar-refractivity contribution is 0.511. The van der Waals surface area contributed by atoms with Gasteiger partial charge in [-0.25, -0.2) is 0 Å². The van der Waals surface area contributed by atoms with Crippen LogP contribution in [0.15, 0.2) is 18.3 Å². The number of halogens is 1. The van der Waals surface area contributed by atoms with Crippen LogP contribution in [-0.4, -0.2) is 12.0 Å². The van der Waals surface area contributed by atoms with Gasteiger partial charge in [0.15, 0.2) is 0 Å². The second kappa shape index (κ2) is 5.99. The van der Waals surface area contributed by atoms with Crippen molar-refractivity contribution in [1.29, 1.82) is 0 Å². The molecule has 0 bridgehead atoms. The van der Waals surface area contributed by atoms with Crippen molar-refractivity contribution in [3.63, 3.8) is 0 Å². The molecule has 0 radical (unpaired) electrons. The lowest BCUT2D eigenvalue weighted by Crippen LogP contribution is -2.17. The average molecular weight is 213 g/mol.